The minimum absolute atomic E-state index is 0.0432. The van der Waals surface area contributed by atoms with Crippen LogP contribution >= 0.6 is 11.3 Å². The van der Waals surface area contributed by atoms with Gasteiger partial charge in [0.1, 0.15) is 12.4 Å². The van der Waals surface area contributed by atoms with Gasteiger partial charge in [-0.05, 0) is 43.5 Å². The molecule has 0 bridgehead atoms. The smallest absolute Gasteiger partial charge is 0.251 e. The quantitative estimate of drug-likeness (QED) is 0.685. The molecule has 2 atom stereocenters. The molecule has 0 radical (unpaired) electrons. The Morgan fingerprint density at radius 1 is 1.24 bits per heavy atom. The van der Waals surface area contributed by atoms with Gasteiger partial charge in [0.2, 0.25) is 10.0 Å². The van der Waals surface area contributed by atoms with Crippen LogP contribution in [-0.4, -0.2) is 56.2 Å². The van der Waals surface area contributed by atoms with Crippen LogP contribution in [0.4, 0.5) is 0 Å². The number of ether oxygens (including phenoxy) is 2. The van der Waals surface area contributed by atoms with E-state index in [1.54, 1.807) is 35.6 Å². The van der Waals surface area contributed by atoms with Crippen molar-refractivity contribution in [3.8, 4) is 5.75 Å². The van der Waals surface area contributed by atoms with Crippen molar-refractivity contribution in [3.63, 3.8) is 0 Å². The van der Waals surface area contributed by atoms with Gasteiger partial charge in [-0.2, -0.15) is 4.31 Å². The second-order valence-corrected chi connectivity index (χ2v) is 10.2. The lowest BCUT2D eigenvalue weighted by molar-refractivity contribution is -0.0440. The Morgan fingerprint density at radius 3 is 2.69 bits per heavy atom. The summed E-state index contributed by atoms with van der Waals surface area (Å²) in [6.07, 6.45) is -0.278. The Labute approximate surface area is 175 Å². The number of carbonyl (C=O) groups is 1. The first kappa shape index (κ1) is 21.8. The Balaban J connectivity index is 1.50. The van der Waals surface area contributed by atoms with Gasteiger partial charge in [0.25, 0.3) is 5.91 Å². The first-order valence-corrected chi connectivity index (χ1v) is 12.0. The largest absolute Gasteiger partial charge is 0.488 e. The number of amides is 1. The zero-order valence-corrected chi connectivity index (χ0v) is 18.2. The Kier molecular flexibility index (Phi) is 7.28. The highest BCUT2D eigenvalue weighted by atomic mass is 32.2. The van der Waals surface area contributed by atoms with Crippen LogP contribution in [0.15, 0.2) is 41.8 Å². The molecule has 158 valence electrons. The molecule has 1 aromatic heterocycles. The topological polar surface area (TPSA) is 84.9 Å². The molecule has 7 nitrogen and oxygen atoms in total. The summed E-state index contributed by atoms with van der Waals surface area (Å²) in [5.74, 6) is 0.118. The molecule has 1 aliphatic heterocycles. The van der Waals surface area contributed by atoms with Gasteiger partial charge < -0.3 is 14.8 Å². The number of rotatable bonds is 8. The number of morpholine rings is 1. The fraction of sp³-hybridized carbons (Fsp3) is 0.450. The van der Waals surface area contributed by atoms with E-state index in [-0.39, 0.29) is 30.4 Å². The summed E-state index contributed by atoms with van der Waals surface area (Å²) in [6, 6.07) is 10.8. The number of hydrogen-bond acceptors (Lipinski definition) is 6. The molecule has 2 unspecified atom stereocenters. The van der Waals surface area contributed by atoms with Gasteiger partial charge in [0, 0.05) is 30.1 Å². The molecule has 1 N–H and O–H groups in total. The van der Waals surface area contributed by atoms with Crippen LogP contribution in [0.2, 0.25) is 0 Å². The molecule has 2 heterocycles. The third-order valence-electron chi connectivity index (χ3n) is 4.48. The maximum Gasteiger partial charge on any atom is 0.251 e. The minimum atomic E-state index is -3.45. The average Bonchev–Trinajstić information content (AvgIpc) is 3.19. The first-order chi connectivity index (χ1) is 13.8. The van der Waals surface area contributed by atoms with Crippen LogP contribution in [0, 0.1) is 0 Å². The second kappa shape index (κ2) is 9.71. The third-order valence-corrected chi connectivity index (χ3v) is 7.14. The van der Waals surface area contributed by atoms with Crippen LogP contribution in [-0.2, 0) is 21.4 Å². The highest BCUT2D eigenvalue weighted by Crippen LogP contribution is 2.17. The van der Waals surface area contributed by atoms with Gasteiger partial charge in [-0.3, -0.25) is 4.79 Å². The van der Waals surface area contributed by atoms with Crippen molar-refractivity contribution in [2.75, 3.05) is 25.4 Å². The van der Waals surface area contributed by atoms with Gasteiger partial charge in [-0.15, -0.1) is 11.3 Å². The zero-order chi connectivity index (χ0) is 20.9. The third kappa shape index (κ3) is 6.27. The van der Waals surface area contributed by atoms with Crippen molar-refractivity contribution in [1.29, 1.82) is 0 Å². The molecule has 0 spiro atoms. The summed E-state index contributed by atoms with van der Waals surface area (Å²) in [7, 11) is -3.45. The average molecular weight is 439 g/mol. The van der Waals surface area contributed by atoms with Crippen molar-refractivity contribution < 1.29 is 22.7 Å². The normalized spacial score (nSPS) is 20.3. The molecular formula is C20H26N2O5S2. The van der Waals surface area contributed by atoms with Crippen molar-refractivity contribution in [2.24, 2.45) is 0 Å². The highest BCUT2D eigenvalue weighted by molar-refractivity contribution is 7.89. The van der Waals surface area contributed by atoms with E-state index in [4.69, 9.17) is 9.47 Å². The lowest BCUT2D eigenvalue weighted by Crippen LogP contribution is -2.49. The fourth-order valence-corrected chi connectivity index (χ4v) is 5.27. The van der Waals surface area contributed by atoms with Gasteiger partial charge in [0.15, 0.2) is 0 Å². The van der Waals surface area contributed by atoms with Gasteiger partial charge in [-0.25, -0.2) is 8.42 Å². The molecular weight excluding hydrogens is 412 g/mol. The lowest BCUT2D eigenvalue weighted by Gasteiger charge is -2.34. The number of nitrogens with zero attached hydrogens (tertiary/aromatic N) is 1. The summed E-state index contributed by atoms with van der Waals surface area (Å²) < 4.78 is 37.8. The number of thiophene rings is 1. The molecule has 1 aromatic carbocycles. The Hall–Kier alpha value is -1.94. The van der Waals surface area contributed by atoms with E-state index in [0.29, 0.717) is 31.0 Å². The van der Waals surface area contributed by atoms with Gasteiger partial charge >= 0.3 is 0 Å². The first-order valence-electron chi connectivity index (χ1n) is 9.50. The lowest BCUT2D eigenvalue weighted by atomic mass is 10.2. The van der Waals surface area contributed by atoms with E-state index >= 15 is 0 Å². The SMILES string of the molecule is CC1CN(S(=O)(=O)CCNC(=O)c2cccc(OCc3cccs3)c2)CC(C)O1. The molecule has 1 amide bonds. The van der Waals surface area contributed by atoms with E-state index in [9.17, 15) is 13.2 Å². The van der Waals surface area contributed by atoms with E-state index in [1.165, 1.54) is 4.31 Å². The van der Waals surface area contributed by atoms with Crippen molar-refractivity contribution in [3.05, 3.63) is 52.2 Å². The van der Waals surface area contributed by atoms with Gasteiger partial charge in [-0.1, -0.05) is 12.1 Å². The van der Waals surface area contributed by atoms with E-state index < -0.39 is 10.0 Å². The number of carbonyl (C=O) groups excluding carboxylic acids is 1. The maximum absolute atomic E-state index is 12.5. The number of nitrogens with one attached hydrogen (secondary N) is 1. The molecule has 0 aliphatic carbocycles. The molecule has 3 rings (SSSR count). The zero-order valence-electron chi connectivity index (χ0n) is 16.5. The summed E-state index contributed by atoms with van der Waals surface area (Å²) in [5.41, 5.74) is 0.430. The summed E-state index contributed by atoms with van der Waals surface area (Å²) >= 11 is 1.60. The Morgan fingerprint density at radius 2 is 2.00 bits per heavy atom. The number of hydrogen-bond donors (Lipinski definition) is 1. The van der Waals surface area contributed by atoms with Crippen molar-refractivity contribution >= 4 is 27.3 Å². The maximum atomic E-state index is 12.5. The standard InChI is InChI=1S/C20H26N2O5S2/c1-15-12-22(13-16(2)27-15)29(24,25)10-8-21-20(23)17-5-3-6-18(11-17)26-14-19-7-4-9-28-19/h3-7,9,11,15-16H,8,10,12-14H2,1-2H3,(H,21,23). The minimum Gasteiger partial charge on any atom is -0.488 e. The predicted molar refractivity (Wildman–Crippen MR) is 113 cm³/mol. The molecule has 1 fully saturated rings. The number of benzene rings is 1. The van der Waals surface area contributed by atoms with E-state index in [2.05, 4.69) is 5.32 Å². The van der Waals surface area contributed by atoms with Crippen molar-refractivity contribution in [2.45, 2.75) is 32.7 Å². The van der Waals surface area contributed by atoms with Crippen LogP contribution < -0.4 is 10.1 Å². The van der Waals surface area contributed by atoms with Crippen LogP contribution in [0.3, 0.4) is 0 Å². The fourth-order valence-electron chi connectivity index (χ4n) is 3.16. The summed E-state index contributed by atoms with van der Waals surface area (Å²) in [4.78, 5) is 13.5. The van der Waals surface area contributed by atoms with Crippen molar-refractivity contribution in [1.82, 2.24) is 9.62 Å². The van der Waals surface area contributed by atoms with Crippen LogP contribution in [0.5, 0.6) is 5.75 Å². The monoisotopic (exact) mass is 438 g/mol. The highest BCUT2D eigenvalue weighted by Gasteiger charge is 2.30. The summed E-state index contributed by atoms with van der Waals surface area (Å²) in [5, 5.41) is 4.66. The molecule has 9 heteroatoms. The van der Waals surface area contributed by atoms with Crippen LogP contribution in [0.1, 0.15) is 29.1 Å². The molecule has 0 saturated carbocycles. The van der Waals surface area contributed by atoms with E-state index in [1.807, 2.05) is 31.4 Å². The molecule has 2 aromatic rings. The van der Waals surface area contributed by atoms with E-state index in [0.717, 1.165) is 4.88 Å². The van der Waals surface area contributed by atoms with Crippen LogP contribution in [0.25, 0.3) is 0 Å². The molecule has 1 saturated heterocycles. The number of sulfonamides is 1. The summed E-state index contributed by atoms with van der Waals surface area (Å²) in [6.45, 7) is 4.87. The van der Waals surface area contributed by atoms with Gasteiger partial charge in [0.05, 0.1) is 18.0 Å². The Bertz CT molecular complexity index is 905. The molecule has 29 heavy (non-hydrogen) atoms. The molecule has 1 aliphatic rings. The second-order valence-electron chi connectivity index (χ2n) is 7.04. The predicted octanol–water partition coefficient (Wildman–Crippen LogP) is 2.50.